The Balaban J connectivity index is 2.52. The Labute approximate surface area is 118 Å². The number of carbonyl (C=O) groups is 2. The highest BCUT2D eigenvalue weighted by Crippen LogP contribution is 2.14. The summed E-state index contributed by atoms with van der Waals surface area (Å²) in [6, 6.07) is 6.46. The third kappa shape index (κ3) is 4.89. The fraction of sp³-hybridized carbons (Fsp3) is 0.429. The van der Waals surface area contributed by atoms with E-state index in [1.807, 2.05) is 12.1 Å². The summed E-state index contributed by atoms with van der Waals surface area (Å²) in [4.78, 5) is 22.1. The number of amides is 1. The molecule has 2 unspecified atom stereocenters. The minimum Gasteiger partial charge on any atom is -0.493 e. The molecule has 1 rings (SSSR count). The summed E-state index contributed by atoms with van der Waals surface area (Å²) in [5.74, 6) is -0.554. The fourth-order valence-electron chi connectivity index (χ4n) is 1.51. The van der Waals surface area contributed by atoms with Gasteiger partial charge in [0, 0.05) is 0 Å². The first-order valence-electron chi connectivity index (χ1n) is 6.28. The number of nitrogens with two attached hydrogens (primary N) is 2. The molecule has 0 heterocycles. The zero-order chi connectivity index (χ0) is 15.1. The van der Waals surface area contributed by atoms with Crippen LogP contribution in [0.25, 0.3) is 0 Å². The van der Waals surface area contributed by atoms with E-state index in [4.69, 9.17) is 16.2 Å². The zero-order valence-corrected chi connectivity index (χ0v) is 11.7. The number of benzene rings is 1. The van der Waals surface area contributed by atoms with Crippen LogP contribution in [0.2, 0.25) is 0 Å². The SMILES string of the molecule is COC(=O)C(N)Cc1ccc(OCC(C)C(N)=O)cc1. The Morgan fingerprint density at radius 2 is 1.85 bits per heavy atom. The summed E-state index contributed by atoms with van der Waals surface area (Å²) in [5, 5.41) is 0. The highest BCUT2D eigenvalue weighted by Gasteiger charge is 2.14. The fourth-order valence-corrected chi connectivity index (χ4v) is 1.51. The average Bonchev–Trinajstić information content (AvgIpc) is 2.45. The zero-order valence-electron chi connectivity index (χ0n) is 11.7. The first-order chi connectivity index (χ1) is 9.43. The molecule has 6 heteroatoms. The molecule has 2 atom stereocenters. The van der Waals surface area contributed by atoms with E-state index in [-0.39, 0.29) is 12.5 Å². The van der Waals surface area contributed by atoms with E-state index in [2.05, 4.69) is 4.74 Å². The molecule has 0 spiro atoms. The minimum absolute atomic E-state index is 0.232. The van der Waals surface area contributed by atoms with E-state index >= 15 is 0 Å². The second-order valence-electron chi connectivity index (χ2n) is 4.59. The molecule has 110 valence electrons. The predicted molar refractivity (Wildman–Crippen MR) is 74.0 cm³/mol. The summed E-state index contributed by atoms with van der Waals surface area (Å²) >= 11 is 0. The van der Waals surface area contributed by atoms with E-state index in [0.29, 0.717) is 12.2 Å². The Bertz CT molecular complexity index is 459. The normalized spacial score (nSPS) is 13.3. The van der Waals surface area contributed by atoms with Gasteiger partial charge in [0.05, 0.1) is 19.6 Å². The molecule has 0 saturated carbocycles. The maximum atomic E-state index is 11.2. The summed E-state index contributed by atoms with van der Waals surface area (Å²) < 4.78 is 10.00. The number of carbonyl (C=O) groups excluding carboxylic acids is 2. The van der Waals surface area contributed by atoms with Gasteiger partial charge < -0.3 is 20.9 Å². The summed E-state index contributed by atoms with van der Waals surface area (Å²) in [6.45, 7) is 1.93. The van der Waals surface area contributed by atoms with Crippen LogP contribution >= 0.6 is 0 Å². The van der Waals surface area contributed by atoms with Crippen molar-refractivity contribution in [2.75, 3.05) is 13.7 Å². The third-order valence-corrected chi connectivity index (χ3v) is 2.87. The van der Waals surface area contributed by atoms with Crippen molar-refractivity contribution >= 4 is 11.9 Å². The first-order valence-corrected chi connectivity index (χ1v) is 6.28. The second-order valence-corrected chi connectivity index (χ2v) is 4.59. The molecule has 0 aromatic heterocycles. The van der Waals surface area contributed by atoms with Crippen molar-refractivity contribution < 1.29 is 19.1 Å². The van der Waals surface area contributed by atoms with Gasteiger partial charge >= 0.3 is 5.97 Å². The van der Waals surface area contributed by atoms with Gasteiger partial charge in [-0.3, -0.25) is 9.59 Å². The van der Waals surface area contributed by atoms with E-state index in [0.717, 1.165) is 5.56 Å². The van der Waals surface area contributed by atoms with Gasteiger partial charge in [0.25, 0.3) is 0 Å². The Morgan fingerprint density at radius 1 is 1.25 bits per heavy atom. The molecule has 0 aliphatic rings. The van der Waals surface area contributed by atoms with Gasteiger partial charge in [0.1, 0.15) is 11.8 Å². The molecule has 0 fully saturated rings. The molecule has 20 heavy (non-hydrogen) atoms. The van der Waals surface area contributed by atoms with Crippen molar-refractivity contribution in [2.24, 2.45) is 17.4 Å². The molecule has 6 nitrogen and oxygen atoms in total. The van der Waals surface area contributed by atoms with Gasteiger partial charge in [0.15, 0.2) is 0 Å². The molecule has 0 aliphatic carbocycles. The molecule has 1 amide bonds. The Morgan fingerprint density at radius 3 is 2.35 bits per heavy atom. The lowest BCUT2D eigenvalue weighted by atomic mass is 10.1. The molecule has 4 N–H and O–H groups in total. The molecular weight excluding hydrogens is 260 g/mol. The number of esters is 1. The van der Waals surface area contributed by atoms with Gasteiger partial charge in [-0.1, -0.05) is 19.1 Å². The highest BCUT2D eigenvalue weighted by atomic mass is 16.5. The summed E-state index contributed by atoms with van der Waals surface area (Å²) in [6.07, 6.45) is 0.393. The lowest BCUT2D eigenvalue weighted by Gasteiger charge is -2.12. The van der Waals surface area contributed by atoms with E-state index in [1.165, 1.54) is 7.11 Å². The van der Waals surface area contributed by atoms with Crippen LogP contribution in [-0.4, -0.2) is 31.6 Å². The van der Waals surface area contributed by atoms with Crippen molar-refractivity contribution in [1.29, 1.82) is 0 Å². The van der Waals surface area contributed by atoms with Crippen LogP contribution in [0.1, 0.15) is 12.5 Å². The number of methoxy groups -OCH3 is 1. The Hall–Kier alpha value is -2.08. The van der Waals surface area contributed by atoms with Crippen molar-refractivity contribution in [3.63, 3.8) is 0 Å². The van der Waals surface area contributed by atoms with Crippen LogP contribution in [0.15, 0.2) is 24.3 Å². The van der Waals surface area contributed by atoms with Crippen molar-refractivity contribution in [2.45, 2.75) is 19.4 Å². The third-order valence-electron chi connectivity index (χ3n) is 2.87. The van der Waals surface area contributed by atoms with E-state index < -0.39 is 17.9 Å². The summed E-state index contributed by atoms with van der Waals surface area (Å²) in [7, 11) is 1.30. The molecule has 1 aromatic rings. The van der Waals surface area contributed by atoms with Crippen molar-refractivity contribution in [3.05, 3.63) is 29.8 Å². The molecule has 0 saturated heterocycles. The number of hydrogen-bond donors (Lipinski definition) is 2. The molecular formula is C14H20N2O4. The number of primary amides is 1. The van der Waals surface area contributed by atoms with Gasteiger partial charge in [-0.15, -0.1) is 0 Å². The van der Waals surface area contributed by atoms with Gasteiger partial charge in [-0.25, -0.2) is 0 Å². The maximum Gasteiger partial charge on any atom is 0.322 e. The average molecular weight is 280 g/mol. The van der Waals surface area contributed by atoms with E-state index in [9.17, 15) is 9.59 Å². The van der Waals surface area contributed by atoms with Crippen LogP contribution in [0.3, 0.4) is 0 Å². The standard InChI is InChI=1S/C14H20N2O4/c1-9(13(16)17)8-20-11-5-3-10(4-6-11)7-12(15)14(18)19-2/h3-6,9,12H,7-8,15H2,1-2H3,(H2,16,17). The quantitative estimate of drug-likeness (QED) is 0.696. The largest absolute Gasteiger partial charge is 0.493 e. The highest BCUT2D eigenvalue weighted by molar-refractivity contribution is 5.76. The van der Waals surface area contributed by atoms with E-state index in [1.54, 1.807) is 19.1 Å². The second kappa shape index (κ2) is 7.49. The molecule has 0 radical (unpaired) electrons. The topological polar surface area (TPSA) is 105 Å². The monoisotopic (exact) mass is 280 g/mol. The number of ether oxygens (including phenoxy) is 2. The van der Waals surface area contributed by atoms with Crippen molar-refractivity contribution in [1.82, 2.24) is 0 Å². The van der Waals surface area contributed by atoms with Crippen LogP contribution in [0.4, 0.5) is 0 Å². The molecule has 0 aliphatic heterocycles. The van der Waals surface area contributed by atoms with Gasteiger partial charge in [-0.05, 0) is 24.1 Å². The van der Waals surface area contributed by atoms with Gasteiger partial charge in [0.2, 0.25) is 5.91 Å². The molecule has 0 bridgehead atoms. The number of rotatable bonds is 7. The van der Waals surface area contributed by atoms with Crippen LogP contribution < -0.4 is 16.2 Å². The van der Waals surface area contributed by atoms with Crippen molar-refractivity contribution in [3.8, 4) is 5.75 Å². The van der Waals surface area contributed by atoms with Gasteiger partial charge in [-0.2, -0.15) is 0 Å². The smallest absolute Gasteiger partial charge is 0.322 e. The lowest BCUT2D eigenvalue weighted by molar-refractivity contribution is -0.142. The predicted octanol–water partition coefficient (Wildman–Crippen LogP) is 0.230. The maximum absolute atomic E-state index is 11.2. The van der Waals surface area contributed by atoms with Crippen LogP contribution in [0, 0.1) is 5.92 Å². The summed E-state index contributed by atoms with van der Waals surface area (Å²) in [5.41, 5.74) is 11.7. The van der Waals surface area contributed by atoms with Crippen LogP contribution in [-0.2, 0) is 20.7 Å². The Kier molecular flexibility index (Phi) is 5.99. The first kappa shape index (κ1) is 16.0. The lowest BCUT2D eigenvalue weighted by Crippen LogP contribution is -2.33. The van der Waals surface area contributed by atoms with Crippen LogP contribution in [0.5, 0.6) is 5.75 Å². The molecule has 1 aromatic carbocycles. The number of hydrogen-bond acceptors (Lipinski definition) is 5. The minimum atomic E-state index is -0.679.